The Bertz CT molecular complexity index is 1210. The average molecular weight is 681 g/mol. The molecule has 6 heteroatoms. The predicted molar refractivity (Wildman–Crippen MR) is 201 cm³/mol. The molecular weight excluding hydrogens is 612 g/mol. The van der Waals surface area contributed by atoms with E-state index in [1.165, 1.54) is 11.1 Å². The molecule has 6 nitrogen and oxygen atoms in total. The first-order valence-corrected chi connectivity index (χ1v) is 18.4. The molecule has 0 bridgehead atoms. The molecule has 0 heterocycles. The van der Waals surface area contributed by atoms with E-state index in [9.17, 15) is 9.59 Å². The molecule has 276 valence electrons. The minimum absolute atomic E-state index is 0.143. The fourth-order valence-electron chi connectivity index (χ4n) is 5.65. The fourth-order valence-corrected chi connectivity index (χ4v) is 5.65. The van der Waals surface area contributed by atoms with Crippen molar-refractivity contribution in [3.05, 3.63) is 70.8 Å². The lowest BCUT2D eigenvalue weighted by molar-refractivity contribution is -0.160. The van der Waals surface area contributed by atoms with Crippen LogP contribution < -0.4 is 0 Å². The third kappa shape index (κ3) is 14.2. The average Bonchev–Trinajstić information content (AvgIpc) is 2.98. The highest BCUT2D eigenvalue weighted by atomic mass is 16.6. The Labute approximate surface area is 299 Å². The van der Waals surface area contributed by atoms with Gasteiger partial charge in [0, 0.05) is 31.1 Å². The van der Waals surface area contributed by atoms with Gasteiger partial charge in [-0.05, 0) is 102 Å². The molecule has 49 heavy (non-hydrogen) atoms. The number of benzene rings is 2. The summed E-state index contributed by atoms with van der Waals surface area (Å²) in [5, 5.41) is 0. The lowest BCUT2D eigenvalue weighted by atomic mass is 9.77. The molecule has 0 radical (unpaired) electrons. The van der Waals surface area contributed by atoms with Crippen LogP contribution in [0.25, 0.3) is 0 Å². The Morgan fingerprint density at radius 1 is 0.510 bits per heavy atom. The lowest BCUT2D eigenvalue weighted by Gasteiger charge is -2.32. The number of hydrogen-bond donors (Lipinski definition) is 0. The van der Waals surface area contributed by atoms with E-state index >= 15 is 0 Å². The molecule has 0 amide bonds. The first kappa shape index (κ1) is 42.5. The van der Waals surface area contributed by atoms with Gasteiger partial charge in [-0.2, -0.15) is 0 Å². The van der Waals surface area contributed by atoms with Crippen molar-refractivity contribution in [2.24, 2.45) is 11.8 Å². The molecule has 2 aromatic rings. The molecule has 0 aliphatic carbocycles. The predicted octanol–water partition coefficient (Wildman–Crippen LogP) is 10.8. The summed E-state index contributed by atoms with van der Waals surface area (Å²) in [4.78, 5) is 24.5. The molecule has 0 spiro atoms. The summed E-state index contributed by atoms with van der Waals surface area (Å²) in [5.41, 5.74) is 2.30. The van der Waals surface area contributed by atoms with Gasteiger partial charge in [0.05, 0.1) is 24.4 Å². The van der Waals surface area contributed by atoms with Crippen molar-refractivity contribution < 1.29 is 28.5 Å². The fraction of sp³-hybridized carbons (Fsp3) is 0.674. The van der Waals surface area contributed by atoms with E-state index < -0.39 is 22.4 Å². The second-order valence-electron chi connectivity index (χ2n) is 17.3. The maximum Gasteiger partial charge on any atom is 0.306 e. The quantitative estimate of drug-likeness (QED) is 0.130. The molecular formula is C43H68O6. The van der Waals surface area contributed by atoms with Crippen LogP contribution in [0.5, 0.6) is 0 Å². The largest absolute Gasteiger partial charge is 0.460 e. The van der Waals surface area contributed by atoms with E-state index in [1.54, 1.807) is 0 Å². The van der Waals surface area contributed by atoms with Crippen molar-refractivity contribution in [1.29, 1.82) is 0 Å². The Hall–Kier alpha value is -2.70. The van der Waals surface area contributed by atoms with Crippen LogP contribution in [0.3, 0.4) is 0 Å². The second-order valence-corrected chi connectivity index (χ2v) is 17.3. The molecule has 0 unspecified atom stereocenters. The van der Waals surface area contributed by atoms with Gasteiger partial charge in [0.1, 0.15) is 11.2 Å². The van der Waals surface area contributed by atoms with Crippen molar-refractivity contribution in [3.63, 3.8) is 0 Å². The topological polar surface area (TPSA) is 71.1 Å². The van der Waals surface area contributed by atoms with Crippen LogP contribution in [0.2, 0.25) is 0 Å². The zero-order chi connectivity index (χ0) is 37.3. The second kappa shape index (κ2) is 17.5. The van der Waals surface area contributed by atoms with E-state index in [1.807, 2.05) is 27.7 Å². The Kier molecular flexibility index (Phi) is 15.2. The van der Waals surface area contributed by atoms with Crippen LogP contribution in [0.1, 0.15) is 158 Å². The van der Waals surface area contributed by atoms with Crippen LogP contribution >= 0.6 is 0 Å². The molecule has 0 saturated carbocycles. The number of rotatable bonds is 20. The zero-order valence-corrected chi connectivity index (χ0v) is 33.4. The van der Waals surface area contributed by atoms with Gasteiger partial charge in [-0.25, -0.2) is 0 Å². The summed E-state index contributed by atoms with van der Waals surface area (Å²) < 4.78 is 24.2. The Morgan fingerprint density at radius 2 is 0.796 bits per heavy atom. The highest BCUT2D eigenvalue weighted by molar-refractivity contribution is 5.70. The molecule has 2 aromatic carbocycles. The lowest BCUT2D eigenvalue weighted by Crippen LogP contribution is -2.32. The third-order valence-corrected chi connectivity index (χ3v) is 9.57. The maximum absolute atomic E-state index is 12.3. The SMILES string of the molecule is CC(C)CCC(=O)OC(C)(C)CCOC(C)(C)c1ccc(C(C)(C)c2ccc(C(C)(C)OCCC(C)(C)OC(=O)CCC(C)C)cc2)cc1. The van der Waals surface area contributed by atoms with Gasteiger partial charge in [-0.15, -0.1) is 0 Å². The minimum Gasteiger partial charge on any atom is -0.460 e. The summed E-state index contributed by atoms with van der Waals surface area (Å²) >= 11 is 0. The number of hydrogen-bond acceptors (Lipinski definition) is 6. The number of carbonyl (C=O) groups excluding carboxylic acids is 2. The molecule has 0 fully saturated rings. The normalized spacial score (nSPS) is 13.2. The third-order valence-electron chi connectivity index (χ3n) is 9.57. The van der Waals surface area contributed by atoms with Gasteiger partial charge in [0.2, 0.25) is 0 Å². The summed E-state index contributed by atoms with van der Waals surface area (Å²) in [6, 6.07) is 17.4. The smallest absolute Gasteiger partial charge is 0.306 e. The summed E-state index contributed by atoms with van der Waals surface area (Å²) in [6.07, 6.45) is 3.82. The van der Waals surface area contributed by atoms with Crippen LogP contribution in [0.15, 0.2) is 48.5 Å². The molecule has 0 atom stereocenters. The number of esters is 2. The first-order chi connectivity index (χ1) is 22.5. The van der Waals surface area contributed by atoms with Gasteiger partial charge in [0.15, 0.2) is 0 Å². The van der Waals surface area contributed by atoms with Crippen molar-refractivity contribution >= 4 is 11.9 Å². The van der Waals surface area contributed by atoms with Crippen molar-refractivity contribution in [3.8, 4) is 0 Å². The Morgan fingerprint density at radius 3 is 1.08 bits per heavy atom. The van der Waals surface area contributed by atoms with Crippen molar-refractivity contribution in [2.45, 2.75) is 163 Å². The van der Waals surface area contributed by atoms with Gasteiger partial charge in [0.25, 0.3) is 0 Å². The molecule has 0 aromatic heterocycles. The first-order valence-electron chi connectivity index (χ1n) is 18.4. The van der Waals surface area contributed by atoms with E-state index in [2.05, 4.69) is 118 Å². The zero-order valence-electron chi connectivity index (χ0n) is 33.4. The van der Waals surface area contributed by atoms with Crippen LogP contribution in [-0.2, 0) is 45.2 Å². The van der Waals surface area contributed by atoms with Gasteiger partial charge in [-0.1, -0.05) is 90.1 Å². The van der Waals surface area contributed by atoms with E-state index in [0.29, 0.717) is 50.7 Å². The van der Waals surface area contributed by atoms with Crippen molar-refractivity contribution in [1.82, 2.24) is 0 Å². The van der Waals surface area contributed by atoms with Crippen LogP contribution in [0.4, 0.5) is 0 Å². The summed E-state index contributed by atoms with van der Waals surface area (Å²) in [5.74, 6) is 0.667. The standard InChI is InChI=1S/C43H68O6/c1-31(2)15-25-37(44)48-39(5,6)27-29-46-42(11,12)35-21-17-33(18-22-35)41(9,10)34-19-23-36(24-20-34)43(13,14)47-30-28-40(7,8)49-38(45)26-16-32(3)4/h17-24,31-32H,15-16,25-30H2,1-14H3. The highest BCUT2D eigenvalue weighted by Gasteiger charge is 2.30. The summed E-state index contributed by atoms with van der Waals surface area (Å²) in [7, 11) is 0. The van der Waals surface area contributed by atoms with Crippen molar-refractivity contribution in [2.75, 3.05) is 13.2 Å². The molecule has 0 aliphatic rings. The maximum atomic E-state index is 12.3. The highest BCUT2D eigenvalue weighted by Crippen LogP contribution is 2.36. The molecule has 0 saturated heterocycles. The number of carbonyl (C=O) groups is 2. The van der Waals surface area contributed by atoms with Crippen LogP contribution in [-0.4, -0.2) is 36.4 Å². The molecule has 2 rings (SSSR count). The van der Waals surface area contributed by atoms with Gasteiger partial charge < -0.3 is 18.9 Å². The molecule has 0 N–H and O–H groups in total. The van der Waals surface area contributed by atoms with Crippen LogP contribution in [0, 0.1) is 11.8 Å². The summed E-state index contributed by atoms with van der Waals surface area (Å²) in [6.45, 7) is 30.0. The molecule has 0 aliphatic heterocycles. The van der Waals surface area contributed by atoms with E-state index in [0.717, 1.165) is 24.0 Å². The Balaban J connectivity index is 1.98. The van der Waals surface area contributed by atoms with Gasteiger partial charge >= 0.3 is 11.9 Å². The number of ether oxygens (including phenoxy) is 4. The minimum atomic E-state index is -0.574. The monoisotopic (exact) mass is 681 g/mol. The van der Waals surface area contributed by atoms with E-state index in [4.69, 9.17) is 18.9 Å². The van der Waals surface area contributed by atoms with E-state index in [-0.39, 0.29) is 17.4 Å². The van der Waals surface area contributed by atoms with Gasteiger partial charge in [-0.3, -0.25) is 9.59 Å².